The van der Waals surface area contributed by atoms with Crippen LogP contribution in [0, 0.1) is 5.41 Å². The highest BCUT2D eigenvalue weighted by Gasteiger charge is 2.52. The number of hydrogen-bond acceptors (Lipinski definition) is 5. The van der Waals surface area contributed by atoms with Crippen LogP contribution in [-0.4, -0.2) is 38.1 Å². The first kappa shape index (κ1) is 18.5. The van der Waals surface area contributed by atoms with Crippen LogP contribution in [0.2, 0.25) is 5.02 Å². The third-order valence-electron chi connectivity index (χ3n) is 5.10. The Bertz CT molecular complexity index is 603. The molecular formula is C19H26ClNO4. The number of rotatable bonds is 6. The van der Waals surface area contributed by atoms with Gasteiger partial charge in [-0.15, -0.1) is 0 Å². The topological polar surface area (TPSA) is 56.8 Å². The minimum atomic E-state index is -0.610. The highest BCUT2D eigenvalue weighted by atomic mass is 35.5. The Balaban J connectivity index is 1.69. The van der Waals surface area contributed by atoms with E-state index in [1.807, 2.05) is 31.2 Å². The van der Waals surface area contributed by atoms with Crippen molar-refractivity contribution in [3.05, 3.63) is 29.3 Å². The molecule has 1 atom stereocenters. The molecule has 1 heterocycles. The molecule has 3 rings (SSSR count). The van der Waals surface area contributed by atoms with Crippen molar-refractivity contribution in [1.29, 1.82) is 0 Å². The molecule has 0 bridgehead atoms. The van der Waals surface area contributed by atoms with Gasteiger partial charge in [-0.25, -0.2) is 0 Å². The molecule has 1 aromatic rings. The second-order valence-electron chi connectivity index (χ2n) is 6.83. The summed E-state index contributed by atoms with van der Waals surface area (Å²) in [6, 6.07) is 7.59. The summed E-state index contributed by atoms with van der Waals surface area (Å²) in [5.74, 6) is -0.748. The SMILES string of the molecule is CCOC(=O)C1(CCNc2cccc(Cl)c2)CCCC2(C1)OCCO2. The highest BCUT2D eigenvalue weighted by molar-refractivity contribution is 6.30. The first-order valence-corrected chi connectivity index (χ1v) is 9.40. The molecule has 0 aromatic heterocycles. The summed E-state index contributed by atoms with van der Waals surface area (Å²) < 4.78 is 17.2. The predicted octanol–water partition coefficient (Wildman–Crippen LogP) is 4.01. The number of nitrogens with one attached hydrogen (secondary N) is 1. The lowest BCUT2D eigenvalue weighted by molar-refractivity contribution is -0.212. The van der Waals surface area contributed by atoms with E-state index in [0.29, 0.717) is 44.2 Å². The van der Waals surface area contributed by atoms with Gasteiger partial charge in [0.25, 0.3) is 0 Å². The van der Waals surface area contributed by atoms with Gasteiger partial charge in [-0.2, -0.15) is 0 Å². The normalized spacial score (nSPS) is 25.0. The molecular weight excluding hydrogens is 342 g/mol. The van der Waals surface area contributed by atoms with Gasteiger partial charge in [0.2, 0.25) is 0 Å². The van der Waals surface area contributed by atoms with E-state index in [-0.39, 0.29) is 5.97 Å². The van der Waals surface area contributed by atoms with Gasteiger partial charge in [-0.05, 0) is 44.4 Å². The van der Waals surface area contributed by atoms with Gasteiger partial charge in [0, 0.05) is 30.1 Å². The second-order valence-corrected chi connectivity index (χ2v) is 7.26. The Labute approximate surface area is 154 Å². The van der Waals surface area contributed by atoms with E-state index >= 15 is 0 Å². The lowest BCUT2D eigenvalue weighted by Gasteiger charge is -2.43. The molecule has 138 valence electrons. The number of esters is 1. The fourth-order valence-electron chi connectivity index (χ4n) is 3.95. The van der Waals surface area contributed by atoms with Crippen LogP contribution >= 0.6 is 11.6 Å². The maximum atomic E-state index is 12.8. The molecule has 2 aliphatic rings. The van der Waals surface area contributed by atoms with E-state index in [1.165, 1.54) is 0 Å². The van der Waals surface area contributed by atoms with Crippen LogP contribution in [0.3, 0.4) is 0 Å². The molecule has 0 amide bonds. The zero-order valence-corrected chi connectivity index (χ0v) is 15.4. The fraction of sp³-hybridized carbons (Fsp3) is 0.632. The van der Waals surface area contributed by atoms with Crippen molar-refractivity contribution in [2.75, 3.05) is 31.7 Å². The molecule has 1 aliphatic heterocycles. The Morgan fingerprint density at radius 3 is 2.84 bits per heavy atom. The summed E-state index contributed by atoms with van der Waals surface area (Å²) in [7, 11) is 0. The smallest absolute Gasteiger partial charge is 0.312 e. The number of carbonyl (C=O) groups is 1. The van der Waals surface area contributed by atoms with Crippen LogP contribution in [0.4, 0.5) is 5.69 Å². The Morgan fingerprint density at radius 1 is 1.32 bits per heavy atom. The van der Waals surface area contributed by atoms with Crippen molar-refractivity contribution in [2.45, 2.75) is 44.8 Å². The van der Waals surface area contributed by atoms with E-state index in [1.54, 1.807) is 0 Å². The van der Waals surface area contributed by atoms with Crippen molar-refractivity contribution >= 4 is 23.3 Å². The van der Waals surface area contributed by atoms with Gasteiger partial charge >= 0.3 is 5.97 Å². The van der Waals surface area contributed by atoms with Crippen molar-refractivity contribution in [3.8, 4) is 0 Å². The second kappa shape index (κ2) is 7.94. The highest BCUT2D eigenvalue weighted by Crippen LogP contribution is 2.48. The lowest BCUT2D eigenvalue weighted by Crippen LogP contribution is -2.47. The van der Waals surface area contributed by atoms with Crippen molar-refractivity contribution in [3.63, 3.8) is 0 Å². The van der Waals surface area contributed by atoms with Gasteiger partial charge in [0.1, 0.15) is 0 Å². The standard InChI is InChI=1S/C19H26ClNO4/c1-2-23-17(22)18(7-4-8-19(14-18)24-11-12-25-19)9-10-21-16-6-3-5-15(20)13-16/h3,5-6,13,21H,2,4,7-12,14H2,1H3. The predicted molar refractivity (Wildman–Crippen MR) is 96.7 cm³/mol. The maximum absolute atomic E-state index is 12.8. The largest absolute Gasteiger partial charge is 0.466 e. The van der Waals surface area contributed by atoms with Gasteiger partial charge in [-0.1, -0.05) is 17.7 Å². The average Bonchev–Trinajstić information content (AvgIpc) is 3.03. The third kappa shape index (κ3) is 4.27. The Kier molecular flexibility index (Phi) is 5.87. The molecule has 0 radical (unpaired) electrons. The molecule has 1 unspecified atom stereocenters. The summed E-state index contributed by atoms with van der Waals surface area (Å²) in [4.78, 5) is 12.8. The first-order valence-electron chi connectivity index (χ1n) is 9.02. The van der Waals surface area contributed by atoms with Crippen LogP contribution in [0.15, 0.2) is 24.3 Å². The van der Waals surface area contributed by atoms with Crippen LogP contribution in [0.25, 0.3) is 0 Å². The van der Waals surface area contributed by atoms with E-state index in [0.717, 1.165) is 24.9 Å². The van der Waals surface area contributed by atoms with Crippen molar-refractivity contribution in [2.24, 2.45) is 5.41 Å². The molecule has 1 saturated carbocycles. The molecule has 5 nitrogen and oxygen atoms in total. The lowest BCUT2D eigenvalue weighted by atomic mass is 9.69. The van der Waals surface area contributed by atoms with Crippen LogP contribution < -0.4 is 5.32 Å². The Morgan fingerprint density at radius 2 is 2.12 bits per heavy atom. The minimum absolute atomic E-state index is 0.138. The van der Waals surface area contributed by atoms with E-state index < -0.39 is 11.2 Å². The van der Waals surface area contributed by atoms with Crippen LogP contribution in [0.5, 0.6) is 0 Å². The zero-order valence-electron chi connectivity index (χ0n) is 14.7. The van der Waals surface area contributed by atoms with Crippen LogP contribution in [0.1, 0.15) is 39.0 Å². The average molecular weight is 368 g/mol. The van der Waals surface area contributed by atoms with E-state index in [4.69, 9.17) is 25.8 Å². The van der Waals surface area contributed by atoms with Gasteiger partial charge in [0.15, 0.2) is 5.79 Å². The summed E-state index contributed by atoms with van der Waals surface area (Å²) in [5.41, 5.74) is 0.384. The molecule has 1 aromatic carbocycles. The molecule has 2 fully saturated rings. The molecule has 1 aliphatic carbocycles. The third-order valence-corrected chi connectivity index (χ3v) is 5.34. The zero-order chi connectivity index (χ0) is 17.8. The molecule has 6 heteroatoms. The van der Waals surface area contributed by atoms with E-state index in [2.05, 4.69) is 5.32 Å². The summed E-state index contributed by atoms with van der Waals surface area (Å²) in [6.45, 7) is 4.09. The molecule has 1 saturated heterocycles. The minimum Gasteiger partial charge on any atom is -0.466 e. The monoisotopic (exact) mass is 367 g/mol. The Hall–Kier alpha value is -1.30. The number of halogens is 1. The van der Waals surface area contributed by atoms with Gasteiger partial charge in [0.05, 0.1) is 25.2 Å². The summed E-state index contributed by atoms with van der Waals surface area (Å²) >= 11 is 6.03. The number of hydrogen-bond donors (Lipinski definition) is 1. The number of carbonyl (C=O) groups excluding carboxylic acids is 1. The molecule has 1 N–H and O–H groups in total. The van der Waals surface area contributed by atoms with Crippen LogP contribution in [-0.2, 0) is 19.0 Å². The summed E-state index contributed by atoms with van der Waals surface area (Å²) in [5, 5.41) is 4.05. The molecule has 25 heavy (non-hydrogen) atoms. The first-order chi connectivity index (χ1) is 12.1. The maximum Gasteiger partial charge on any atom is 0.312 e. The number of anilines is 1. The summed E-state index contributed by atoms with van der Waals surface area (Å²) in [6.07, 6.45) is 3.78. The van der Waals surface area contributed by atoms with E-state index in [9.17, 15) is 4.79 Å². The molecule has 1 spiro atoms. The van der Waals surface area contributed by atoms with Gasteiger partial charge < -0.3 is 19.5 Å². The number of benzene rings is 1. The fourth-order valence-corrected chi connectivity index (χ4v) is 4.14. The number of ether oxygens (including phenoxy) is 3. The quantitative estimate of drug-likeness (QED) is 0.770. The van der Waals surface area contributed by atoms with Crippen molar-refractivity contribution in [1.82, 2.24) is 0 Å². The van der Waals surface area contributed by atoms with Crippen molar-refractivity contribution < 1.29 is 19.0 Å². The van der Waals surface area contributed by atoms with Gasteiger partial charge in [-0.3, -0.25) is 4.79 Å².